The van der Waals surface area contributed by atoms with Crippen molar-refractivity contribution in [1.82, 2.24) is 4.98 Å². The van der Waals surface area contributed by atoms with E-state index in [1.807, 2.05) is 0 Å². The molecule has 14 heavy (non-hydrogen) atoms. The summed E-state index contributed by atoms with van der Waals surface area (Å²) in [5, 5.41) is 8.50. The van der Waals surface area contributed by atoms with Gasteiger partial charge in [0.1, 0.15) is 17.5 Å². The first-order valence-corrected chi connectivity index (χ1v) is 3.62. The second-order valence-corrected chi connectivity index (χ2v) is 2.43. The van der Waals surface area contributed by atoms with E-state index in [4.69, 9.17) is 11.0 Å². The summed E-state index contributed by atoms with van der Waals surface area (Å²) in [6, 6.07) is 2.59. The number of alkyl halides is 2. The van der Waals surface area contributed by atoms with Crippen LogP contribution in [0.2, 0.25) is 0 Å². The number of nitrogens with zero attached hydrogens (tertiary/aromatic N) is 2. The highest BCUT2D eigenvalue weighted by Gasteiger charge is 2.17. The van der Waals surface area contributed by atoms with Gasteiger partial charge >= 0.3 is 0 Å². The van der Waals surface area contributed by atoms with E-state index in [0.717, 1.165) is 6.07 Å². The molecule has 0 aliphatic heterocycles. The molecule has 0 aromatic carbocycles. The van der Waals surface area contributed by atoms with Crippen LogP contribution < -0.4 is 10.5 Å². The smallest absolute Gasteiger partial charge is 0.266 e. The SMILES string of the molecule is COc1nc(C#N)cc(C(F)F)c1N. The zero-order chi connectivity index (χ0) is 10.7. The van der Waals surface area contributed by atoms with Crippen LogP contribution in [0.15, 0.2) is 6.07 Å². The van der Waals surface area contributed by atoms with Crippen LogP contribution in [0.5, 0.6) is 5.88 Å². The van der Waals surface area contributed by atoms with Crippen molar-refractivity contribution in [2.24, 2.45) is 0 Å². The molecule has 0 atom stereocenters. The molecule has 2 N–H and O–H groups in total. The summed E-state index contributed by atoms with van der Waals surface area (Å²) >= 11 is 0. The Kier molecular flexibility index (Phi) is 2.82. The standard InChI is InChI=1S/C8H7F2N3O/c1-14-8-6(12)5(7(9)10)2-4(3-11)13-8/h2,7H,12H2,1H3. The summed E-state index contributed by atoms with van der Waals surface area (Å²) in [5.74, 6) is -0.153. The number of rotatable bonds is 2. The van der Waals surface area contributed by atoms with Gasteiger partial charge in [0, 0.05) is 5.56 Å². The number of ether oxygens (including phenoxy) is 1. The molecule has 0 bridgehead atoms. The monoisotopic (exact) mass is 199 g/mol. The van der Waals surface area contributed by atoms with Gasteiger partial charge in [0.2, 0.25) is 5.88 Å². The van der Waals surface area contributed by atoms with Gasteiger partial charge in [-0.3, -0.25) is 0 Å². The lowest BCUT2D eigenvalue weighted by molar-refractivity contribution is 0.151. The van der Waals surface area contributed by atoms with Crippen molar-refractivity contribution in [3.05, 3.63) is 17.3 Å². The second kappa shape index (κ2) is 3.87. The normalized spacial score (nSPS) is 9.93. The van der Waals surface area contributed by atoms with E-state index in [1.54, 1.807) is 6.07 Å². The molecular formula is C8H7F2N3O. The molecule has 1 heterocycles. The minimum Gasteiger partial charge on any atom is -0.479 e. The highest BCUT2D eigenvalue weighted by Crippen LogP contribution is 2.31. The van der Waals surface area contributed by atoms with Crippen LogP contribution in [0.25, 0.3) is 0 Å². The quantitative estimate of drug-likeness (QED) is 0.782. The molecule has 1 rings (SSSR count). The van der Waals surface area contributed by atoms with Crippen molar-refractivity contribution >= 4 is 5.69 Å². The van der Waals surface area contributed by atoms with Crippen LogP contribution in [0.3, 0.4) is 0 Å². The molecule has 0 unspecified atom stereocenters. The number of nitriles is 1. The predicted octanol–water partition coefficient (Wildman–Crippen LogP) is 1.48. The molecule has 0 aliphatic rings. The summed E-state index contributed by atoms with van der Waals surface area (Å²) in [4.78, 5) is 3.61. The molecule has 0 fully saturated rings. The average molecular weight is 199 g/mol. The molecule has 0 saturated carbocycles. The van der Waals surface area contributed by atoms with E-state index in [0.29, 0.717) is 0 Å². The number of aromatic nitrogens is 1. The van der Waals surface area contributed by atoms with E-state index in [9.17, 15) is 8.78 Å². The zero-order valence-corrected chi connectivity index (χ0v) is 7.29. The lowest BCUT2D eigenvalue weighted by Gasteiger charge is -2.08. The number of methoxy groups -OCH3 is 1. The molecule has 6 heteroatoms. The number of anilines is 1. The van der Waals surface area contributed by atoms with Crippen LogP contribution in [0, 0.1) is 11.3 Å². The number of pyridine rings is 1. The van der Waals surface area contributed by atoms with Gasteiger partial charge < -0.3 is 10.5 Å². The molecule has 0 saturated heterocycles. The van der Waals surface area contributed by atoms with Gasteiger partial charge in [0.05, 0.1) is 7.11 Å². The number of nitrogen functional groups attached to an aromatic ring is 1. The molecule has 74 valence electrons. The van der Waals surface area contributed by atoms with Gasteiger partial charge in [0.25, 0.3) is 6.43 Å². The van der Waals surface area contributed by atoms with Crippen LogP contribution >= 0.6 is 0 Å². The second-order valence-electron chi connectivity index (χ2n) is 2.43. The van der Waals surface area contributed by atoms with Crippen molar-refractivity contribution in [1.29, 1.82) is 5.26 Å². The van der Waals surface area contributed by atoms with Gasteiger partial charge in [-0.25, -0.2) is 13.8 Å². The third-order valence-electron chi connectivity index (χ3n) is 1.60. The Bertz CT molecular complexity index is 387. The summed E-state index contributed by atoms with van der Waals surface area (Å²) in [7, 11) is 1.25. The van der Waals surface area contributed by atoms with Gasteiger partial charge in [-0.1, -0.05) is 0 Å². The van der Waals surface area contributed by atoms with Crippen LogP contribution in [0.4, 0.5) is 14.5 Å². The van der Waals surface area contributed by atoms with Crippen LogP contribution in [-0.4, -0.2) is 12.1 Å². The van der Waals surface area contributed by atoms with Crippen LogP contribution in [-0.2, 0) is 0 Å². The van der Waals surface area contributed by atoms with E-state index < -0.39 is 12.0 Å². The molecule has 1 aromatic heterocycles. The van der Waals surface area contributed by atoms with Crippen molar-refractivity contribution in [3.63, 3.8) is 0 Å². The summed E-state index contributed by atoms with van der Waals surface area (Å²) in [5.41, 5.74) is 4.52. The molecule has 0 amide bonds. The zero-order valence-electron chi connectivity index (χ0n) is 7.29. The van der Waals surface area contributed by atoms with Gasteiger partial charge in [0.15, 0.2) is 0 Å². The van der Waals surface area contributed by atoms with Crippen molar-refractivity contribution in [2.45, 2.75) is 6.43 Å². The third kappa shape index (κ3) is 1.71. The number of halogens is 2. The lowest BCUT2D eigenvalue weighted by atomic mass is 10.2. The number of hydrogen-bond acceptors (Lipinski definition) is 4. The van der Waals surface area contributed by atoms with Gasteiger partial charge in [-0.05, 0) is 6.07 Å². The highest BCUT2D eigenvalue weighted by atomic mass is 19.3. The maximum Gasteiger partial charge on any atom is 0.266 e. The molecular weight excluding hydrogens is 192 g/mol. The fourth-order valence-electron chi connectivity index (χ4n) is 0.944. The topological polar surface area (TPSA) is 71.9 Å². The average Bonchev–Trinajstić information content (AvgIpc) is 2.17. The summed E-state index contributed by atoms with van der Waals surface area (Å²) < 4.78 is 29.4. The first kappa shape index (κ1) is 10.2. The molecule has 0 spiro atoms. The Morgan fingerprint density at radius 3 is 2.71 bits per heavy atom. The lowest BCUT2D eigenvalue weighted by Crippen LogP contribution is -2.02. The van der Waals surface area contributed by atoms with Crippen molar-refractivity contribution < 1.29 is 13.5 Å². The van der Waals surface area contributed by atoms with Crippen molar-refractivity contribution in [2.75, 3.05) is 12.8 Å². The molecule has 4 nitrogen and oxygen atoms in total. The van der Waals surface area contributed by atoms with Crippen LogP contribution in [0.1, 0.15) is 17.7 Å². The Balaban J connectivity index is 3.36. The summed E-state index contributed by atoms with van der Waals surface area (Å²) in [6.07, 6.45) is -2.75. The van der Waals surface area contributed by atoms with E-state index >= 15 is 0 Å². The predicted molar refractivity (Wildman–Crippen MR) is 44.9 cm³/mol. The molecule has 1 aromatic rings. The highest BCUT2D eigenvalue weighted by molar-refractivity contribution is 5.57. The van der Waals surface area contributed by atoms with E-state index in [-0.39, 0.29) is 17.3 Å². The first-order valence-electron chi connectivity index (χ1n) is 3.62. The van der Waals surface area contributed by atoms with Gasteiger partial charge in [-0.15, -0.1) is 0 Å². The Morgan fingerprint density at radius 2 is 2.29 bits per heavy atom. The Labute approximate surface area is 78.9 Å². The van der Waals surface area contributed by atoms with Gasteiger partial charge in [-0.2, -0.15) is 5.26 Å². The van der Waals surface area contributed by atoms with E-state index in [1.165, 1.54) is 7.11 Å². The minimum absolute atomic E-state index is 0.147. The number of nitrogens with two attached hydrogens (primary N) is 1. The summed E-state index contributed by atoms with van der Waals surface area (Å²) in [6.45, 7) is 0. The van der Waals surface area contributed by atoms with Crippen molar-refractivity contribution in [3.8, 4) is 11.9 Å². The molecule has 0 aliphatic carbocycles. The fraction of sp³-hybridized carbons (Fsp3) is 0.250. The molecule has 0 radical (unpaired) electrons. The third-order valence-corrected chi connectivity index (χ3v) is 1.60. The first-order chi connectivity index (χ1) is 6.60. The largest absolute Gasteiger partial charge is 0.479 e. The maximum atomic E-state index is 12.4. The maximum absolute atomic E-state index is 12.4. The fourth-order valence-corrected chi connectivity index (χ4v) is 0.944. The Morgan fingerprint density at radius 1 is 1.64 bits per heavy atom. The Hall–Kier alpha value is -1.90. The van der Waals surface area contributed by atoms with E-state index in [2.05, 4.69) is 9.72 Å². The minimum atomic E-state index is -2.75. The number of hydrogen-bond donors (Lipinski definition) is 1.